The largest absolute Gasteiger partial charge is 4.00 e. The van der Waals surface area contributed by atoms with Gasteiger partial charge in [0.1, 0.15) is 0 Å². The summed E-state index contributed by atoms with van der Waals surface area (Å²) in [5.74, 6) is 1.63. The molecule has 2 aliphatic rings. The van der Waals surface area contributed by atoms with Crippen LogP contribution in [0, 0.1) is 13.8 Å². The first kappa shape index (κ1) is 34.6. The maximum atomic E-state index is 3.38. The van der Waals surface area contributed by atoms with Crippen LogP contribution in [0.2, 0.25) is 0 Å². The van der Waals surface area contributed by atoms with E-state index in [1.165, 1.54) is 94.5 Å². The van der Waals surface area contributed by atoms with Crippen molar-refractivity contribution in [3.63, 3.8) is 0 Å². The molecular formula is C39H42Cl2Hf. The van der Waals surface area contributed by atoms with Crippen molar-refractivity contribution in [3.8, 4) is 0 Å². The predicted molar refractivity (Wildman–Crippen MR) is 186 cm³/mol. The van der Waals surface area contributed by atoms with Crippen LogP contribution in [0.25, 0.3) is 43.1 Å². The summed E-state index contributed by atoms with van der Waals surface area (Å²) in [5, 5.41) is 11.2. The van der Waals surface area contributed by atoms with E-state index >= 15 is 0 Å². The van der Waals surface area contributed by atoms with Crippen molar-refractivity contribution in [2.24, 2.45) is 0 Å². The minimum absolute atomic E-state index is 0. The van der Waals surface area contributed by atoms with E-state index < -0.39 is 0 Å². The first-order valence-electron chi connectivity index (χ1n) is 15.0. The monoisotopic (exact) mass is 760 g/mol. The zero-order valence-electron chi connectivity index (χ0n) is 24.5. The van der Waals surface area contributed by atoms with Crippen molar-refractivity contribution >= 4 is 67.9 Å². The number of hydrogen-bond acceptors (Lipinski definition) is 0. The zero-order chi connectivity index (χ0) is 26.6. The first-order chi connectivity index (χ1) is 19.2. The van der Waals surface area contributed by atoms with Gasteiger partial charge in [-0.2, -0.15) is 12.1 Å². The van der Waals surface area contributed by atoms with Gasteiger partial charge in [-0.15, -0.1) is 81.8 Å². The molecule has 6 aromatic carbocycles. The van der Waals surface area contributed by atoms with Gasteiger partial charge in [0.2, 0.25) is 0 Å². The zero-order valence-corrected chi connectivity index (χ0v) is 29.7. The Labute approximate surface area is 283 Å². The van der Waals surface area contributed by atoms with Gasteiger partial charge in [-0.1, -0.05) is 97.1 Å². The summed E-state index contributed by atoms with van der Waals surface area (Å²) in [7, 11) is 0. The maximum Gasteiger partial charge on any atom is 4.00 e. The Bertz CT molecular complexity index is 1550. The van der Waals surface area contributed by atoms with Crippen molar-refractivity contribution in [3.05, 3.63) is 122 Å². The standard InChI is InChI=1S/2C18H17.C3H6.2ClH.Hf/c2*1-2-6-13(5-1)16-11-15-10-9-14-7-3-4-8-17(14)18(15)12-16;1-3-2;;;/h2*3-4,7-13H,1-2,5-6H2;1-3H2;2*1H;/q2*-1;-2;;;+4. The summed E-state index contributed by atoms with van der Waals surface area (Å²) in [6, 6.07) is 36.2. The molecular weight excluding hydrogens is 718 g/mol. The fourth-order valence-corrected chi connectivity index (χ4v) is 6.96. The van der Waals surface area contributed by atoms with Crippen LogP contribution in [-0.2, 0) is 25.8 Å². The molecule has 42 heavy (non-hydrogen) atoms. The molecule has 0 N–H and O–H groups in total. The van der Waals surface area contributed by atoms with Crippen LogP contribution in [0.5, 0.6) is 0 Å². The molecule has 2 saturated carbocycles. The molecule has 6 aromatic rings. The van der Waals surface area contributed by atoms with Gasteiger partial charge in [-0.25, -0.2) is 0 Å². The molecule has 0 spiro atoms. The topological polar surface area (TPSA) is 0 Å². The number of fused-ring (bicyclic) bond motifs is 6. The van der Waals surface area contributed by atoms with Crippen LogP contribution in [-0.4, -0.2) is 0 Å². The average Bonchev–Trinajstić information content (AvgIpc) is 3.79. The van der Waals surface area contributed by atoms with E-state index in [1.807, 2.05) is 0 Å². The molecule has 0 amide bonds. The van der Waals surface area contributed by atoms with E-state index in [2.05, 4.69) is 111 Å². The van der Waals surface area contributed by atoms with Gasteiger partial charge in [0, 0.05) is 0 Å². The van der Waals surface area contributed by atoms with Crippen molar-refractivity contribution in [2.75, 3.05) is 0 Å². The van der Waals surface area contributed by atoms with Crippen molar-refractivity contribution in [2.45, 2.75) is 69.6 Å². The molecule has 0 radical (unpaired) electrons. The second-order valence-corrected chi connectivity index (χ2v) is 11.5. The second-order valence-electron chi connectivity index (χ2n) is 11.5. The number of hydrogen-bond donors (Lipinski definition) is 0. The summed E-state index contributed by atoms with van der Waals surface area (Å²) in [5.41, 5.74) is 3.14. The maximum absolute atomic E-state index is 3.38. The quantitative estimate of drug-likeness (QED) is 0.122. The molecule has 0 aliphatic heterocycles. The summed E-state index contributed by atoms with van der Waals surface area (Å²) in [6.07, 6.45) is 11.9. The Morgan fingerprint density at radius 3 is 1.26 bits per heavy atom. The predicted octanol–water partition coefficient (Wildman–Crippen LogP) is 12.6. The van der Waals surface area contributed by atoms with Crippen LogP contribution in [0.3, 0.4) is 0 Å². The Balaban J connectivity index is 0.000000198. The molecule has 0 heterocycles. The van der Waals surface area contributed by atoms with Gasteiger partial charge in [-0.05, 0) is 48.3 Å². The molecule has 216 valence electrons. The SMILES string of the molecule is Cl.Cl.[CH2-]C[CH2-].[Hf+4].c1ccc2c(c1)ccc1[cH-]c(C3CCCC3)cc12.c1ccc2c(c1)ccc1[cH-]c(C3CCCC3)cc12. The molecule has 0 unspecified atom stereocenters. The van der Waals surface area contributed by atoms with Gasteiger partial charge in [-0.3, -0.25) is 0 Å². The molecule has 0 saturated heterocycles. The van der Waals surface area contributed by atoms with Crippen LogP contribution in [0.15, 0.2) is 97.1 Å². The molecule has 2 aliphatic carbocycles. The van der Waals surface area contributed by atoms with Gasteiger partial charge >= 0.3 is 25.8 Å². The Hall–Kier alpha value is -1.93. The fraction of sp³-hybridized carbons (Fsp3) is 0.282. The summed E-state index contributed by atoms with van der Waals surface area (Å²) in [4.78, 5) is 0. The van der Waals surface area contributed by atoms with Gasteiger partial charge < -0.3 is 20.3 Å². The van der Waals surface area contributed by atoms with Gasteiger partial charge in [0.15, 0.2) is 0 Å². The number of benzene rings is 4. The molecule has 0 nitrogen and oxygen atoms in total. The molecule has 0 atom stereocenters. The van der Waals surface area contributed by atoms with E-state index in [1.54, 1.807) is 11.1 Å². The molecule has 2 fully saturated rings. The number of rotatable bonds is 2. The molecule has 0 aromatic heterocycles. The second kappa shape index (κ2) is 16.2. The Kier molecular flexibility index (Phi) is 13.4. The fourth-order valence-electron chi connectivity index (χ4n) is 6.96. The molecule has 3 heteroatoms. The minimum atomic E-state index is 0. The summed E-state index contributed by atoms with van der Waals surface area (Å²) >= 11 is 0. The van der Waals surface area contributed by atoms with Crippen molar-refractivity contribution in [1.82, 2.24) is 0 Å². The van der Waals surface area contributed by atoms with E-state index in [0.717, 1.165) is 18.3 Å². The van der Waals surface area contributed by atoms with Crippen LogP contribution < -0.4 is 0 Å². The minimum Gasteiger partial charge on any atom is -0.372 e. The third kappa shape index (κ3) is 7.40. The van der Waals surface area contributed by atoms with Gasteiger partial charge in [0.25, 0.3) is 0 Å². The van der Waals surface area contributed by atoms with Crippen molar-refractivity contribution < 1.29 is 25.8 Å². The van der Waals surface area contributed by atoms with E-state index in [9.17, 15) is 0 Å². The smallest absolute Gasteiger partial charge is 0.372 e. The molecule has 0 bridgehead atoms. The van der Waals surface area contributed by atoms with Gasteiger partial charge in [0.05, 0.1) is 0 Å². The Morgan fingerprint density at radius 1 is 0.524 bits per heavy atom. The van der Waals surface area contributed by atoms with Crippen LogP contribution in [0.1, 0.15) is 80.8 Å². The summed E-state index contributed by atoms with van der Waals surface area (Å²) in [6.45, 7) is 6.75. The van der Waals surface area contributed by atoms with Crippen LogP contribution >= 0.6 is 24.8 Å². The van der Waals surface area contributed by atoms with E-state index in [4.69, 9.17) is 0 Å². The normalized spacial score (nSPS) is 14.9. The first-order valence-corrected chi connectivity index (χ1v) is 15.0. The molecule has 8 rings (SSSR count). The average molecular weight is 760 g/mol. The van der Waals surface area contributed by atoms with E-state index in [0.29, 0.717) is 0 Å². The number of halogens is 2. The van der Waals surface area contributed by atoms with E-state index in [-0.39, 0.29) is 50.7 Å². The van der Waals surface area contributed by atoms with Crippen molar-refractivity contribution in [1.29, 1.82) is 0 Å². The Morgan fingerprint density at radius 2 is 0.881 bits per heavy atom. The van der Waals surface area contributed by atoms with Crippen LogP contribution in [0.4, 0.5) is 0 Å². The third-order valence-electron chi connectivity index (χ3n) is 8.93. The summed E-state index contributed by atoms with van der Waals surface area (Å²) < 4.78 is 0. The third-order valence-corrected chi connectivity index (χ3v) is 8.93.